The lowest BCUT2D eigenvalue weighted by Gasteiger charge is -2.59. The van der Waals surface area contributed by atoms with Crippen LogP contribution in [0, 0.1) is 17.2 Å². The molecule has 1 aliphatic heterocycles. The molecule has 2 N–H and O–H groups in total. The Morgan fingerprint density at radius 1 is 1.41 bits per heavy atom. The van der Waals surface area contributed by atoms with E-state index in [-0.39, 0.29) is 17.3 Å². The Hall–Kier alpha value is -1.66. The van der Waals surface area contributed by atoms with Crippen LogP contribution in [-0.2, 0) is 11.2 Å². The summed E-state index contributed by atoms with van der Waals surface area (Å²) in [6, 6.07) is 2.74. The molecule has 2 saturated carbocycles. The van der Waals surface area contributed by atoms with Crippen LogP contribution in [0.15, 0.2) is 12.1 Å². The minimum atomic E-state index is -0.348. The molecule has 3 aliphatic rings. The van der Waals surface area contributed by atoms with Crippen LogP contribution in [0.25, 0.3) is 11.0 Å². The number of fused-ring (bicyclic) bond motifs is 1. The summed E-state index contributed by atoms with van der Waals surface area (Å²) in [5.41, 5.74) is 1.77. The van der Waals surface area contributed by atoms with E-state index in [1.54, 1.807) is 0 Å². The number of nitrogens with one attached hydrogen (secondary N) is 2. The van der Waals surface area contributed by atoms with Gasteiger partial charge in [0.1, 0.15) is 17.2 Å². The van der Waals surface area contributed by atoms with Crippen LogP contribution in [0.1, 0.15) is 38.4 Å². The van der Waals surface area contributed by atoms with E-state index in [2.05, 4.69) is 27.1 Å². The van der Waals surface area contributed by atoms with Crippen molar-refractivity contribution in [2.45, 2.75) is 44.6 Å². The van der Waals surface area contributed by atoms with Gasteiger partial charge >= 0.3 is 0 Å². The molecule has 5 nitrogen and oxygen atoms in total. The van der Waals surface area contributed by atoms with Gasteiger partial charge in [0.2, 0.25) is 5.91 Å². The quantitative estimate of drug-likeness (QED) is 0.823. The van der Waals surface area contributed by atoms with Crippen molar-refractivity contribution < 1.29 is 9.18 Å². The van der Waals surface area contributed by atoms with E-state index in [4.69, 9.17) is 11.6 Å². The highest BCUT2D eigenvalue weighted by Gasteiger charge is 2.52. The van der Waals surface area contributed by atoms with E-state index in [0.717, 1.165) is 38.2 Å². The van der Waals surface area contributed by atoms with E-state index in [1.807, 2.05) is 0 Å². The number of nitrogens with zero attached hydrogens (tertiary/aromatic N) is 2. The van der Waals surface area contributed by atoms with Gasteiger partial charge in [-0.2, -0.15) is 0 Å². The maximum atomic E-state index is 13.5. The average Bonchev–Trinajstić information content (AvgIpc) is 3.08. The number of halogens is 2. The van der Waals surface area contributed by atoms with Crippen molar-refractivity contribution in [1.82, 2.24) is 20.2 Å². The van der Waals surface area contributed by atoms with Gasteiger partial charge in [-0.05, 0) is 56.1 Å². The second-order valence-corrected chi connectivity index (χ2v) is 9.61. The molecular formula is C20H24ClFN4O. The van der Waals surface area contributed by atoms with Crippen molar-refractivity contribution in [3.05, 3.63) is 28.8 Å². The Balaban J connectivity index is 1.11. The maximum Gasteiger partial charge on any atom is 0.234 e. The van der Waals surface area contributed by atoms with Crippen molar-refractivity contribution in [1.29, 1.82) is 0 Å². The summed E-state index contributed by atoms with van der Waals surface area (Å²) in [5.74, 6) is 1.29. The first-order valence-corrected chi connectivity index (χ1v) is 10.1. The average molecular weight is 391 g/mol. The Morgan fingerprint density at radius 2 is 2.15 bits per heavy atom. The van der Waals surface area contributed by atoms with Crippen LogP contribution in [0.4, 0.5) is 4.39 Å². The van der Waals surface area contributed by atoms with Crippen LogP contribution in [0.3, 0.4) is 0 Å². The number of aromatic nitrogens is 2. The van der Waals surface area contributed by atoms with E-state index in [0.29, 0.717) is 33.9 Å². The molecule has 0 bridgehead atoms. The molecule has 2 aromatic rings. The predicted octanol–water partition coefficient (Wildman–Crippen LogP) is 3.28. The third-order valence-electron chi connectivity index (χ3n) is 6.41. The van der Waals surface area contributed by atoms with Crippen molar-refractivity contribution in [2.24, 2.45) is 11.3 Å². The molecule has 3 fully saturated rings. The van der Waals surface area contributed by atoms with Crippen LogP contribution in [0.2, 0.25) is 5.02 Å². The molecule has 0 radical (unpaired) electrons. The smallest absolute Gasteiger partial charge is 0.234 e. The number of hydrogen-bond donors (Lipinski definition) is 2. The minimum Gasteiger partial charge on any atom is -0.350 e. The highest BCUT2D eigenvalue weighted by Crippen LogP contribution is 2.52. The Labute approximate surface area is 162 Å². The molecule has 1 aromatic heterocycles. The van der Waals surface area contributed by atoms with Crippen LogP contribution >= 0.6 is 11.6 Å². The lowest BCUT2D eigenvalue weighted by molar-refractivity contribution is -0.133. The van der Waals surface area contributed by atoms with Crippen LogP contribution < -0.4 is 5.32 Å². The zero-order chi connectivity index (χ0) is 18.8. The molecule has 1 spiro atoms. The zero-order valence-electron chi connectivity index (χ0n) is 15.4. The van der Waals surface area contributed by atoms with Crippen molar-refractivity contribution >= 4 is 28.5 Å². The lowest BCUT2D eigenvalue weighted by atomic mass is 9.57. The lowest BCUT2D eigenvalue weighted by Crippen LogP contribution is -2.64. The van der Waals surface area contributed by atoms with Crippen molar-refractivity contribution in [3.63, 3.8) is 0 Å². The molecule has 27 heavy (non-hydrogen) atoms. The molecule has 2 heterocycles. The minimum absolute atomic E-state index is 0.0690. The number of imidazole rings is 1. The molecule has 1 saturated heterocycles. The van der Waals surface area contributed by atoms with Gasteiger partial charge in [-0.15, -0.1) is 0 Å². The second-order valence-electron chi connectivity index (χ2n) is 9.20. The SMILES string of the molecule is CC1(NC(=O)CN2CC3(CC(Cc4nc5c(Cl)cc(F)cc5[nH]4)C3)C2)CC1. The van der Waals surface area contributed by atoms with Gasteiger partial charge < -0.3 is 10.3 Å². The fourth-order valence-corrected chi connectivity index (χ4v) is 5.19. The first-order chi connectivity index (χ1) is 12.8. The molecule has 5 rings (SSSR count). The summed E-state index contributed by atoms with van der Waals surface area (Å²) in [6.07, 6.45) is 5.41. The second kappa shape index (κ2) is 5.92. The number of aromatic amines is 1. The number of likely N-dealkylation sites (tertiary alicyclic amines) is 1. The molecule has 7 heteroatoms. The number of rotatable bonds is 5. The predicted molar refractivity (Wildman–Crippen MR) is 102 cm³/mol. The summed E-state index contributed by atoms with van der Waals surface area (Å²) in [5, 5.41) is 3.48. The fraction of sp³-hybridized carbons (Fsp3) is 0.600. The Bertz CT molecular complexity index is 908. The first kappa shape index (κ1) is 17.4. The molecular weight excluding hydrogens is 367 g/mol. The van der Waals surface area contributed by atoms with Crippen LogP contribution in [-0.4, -0.2) is 45.9 Å². The highest BCUT2D eigenvalue weighted by atomic mass is 35.5. The molecule has 2 aliphatic carbocycles. The largest absolute Gasteiger partial charge is 0.350 e. The third-order valence-corrected chi connectivity index (χ3v) is 6.69. The molecule has 1 amide bonds. The van der Waals surface area contributed by atoms with E-state index >= 15 is 0 Å². The van der Waals surface area contributed by atoms with E-state index < -0.39 is 0 Å². The summed E-state index contributed by atoms with van der Waals surface area (Å²) in [6.45, 7) is 4.67. The topological polar surface area (TPSA) is 61.0 Å². The molecule has 1 aromatic carbocycles. The summed E-state index contributed by atoms with van der Waals surface area (Å²) >= 11 is 6.08. The number of H-pyrrole nitrogens is 1. The molecule has 0 atom stereocenters. The fourth-order valence-electron chi connectivity index (χ4n) is 4.94. The summed E-state index contributed by atoms with van der Waals surface area (Å²) in [4.78, 5) is 22.1. The normalized spacial score (nSPS) is 23.2. The number of carbonyl (C=O) groups excluding carboxylic acids is 1. The first-order valence-electron chi connectivity index (χ1n) is 9.69. The van der Waals surface area contributed by atoms with Gasteiger partial charge in [0, 0.05) is 25.0 Å². The van der Waals surface area contributed by atoms with Crippen molar-refractivity contribution in [3.8, 4) is 0 Å². The van der Waals surface area contributed by atoms with Gasteiger partial charge in [-0.1, -0.05) is 11.6 Å². The Morgan fingerprint density at radius 3 is 2.85 bits per heavy atom. The van der Waals surface area contributed by atoms with Gasteiger partial charge in [-0.25, -0.2) is 9.37 Å². The summed E-state index contributed by atoms with van der Waals surface area (Å²) in [7, 11) is 0. The van der Waals surface area contributed by atoms with Gasteiger partial charge in [-0.3, -0.25) is 9.69 Å². The Kier molecular flexibility index (Phi) is 3.82. The number of benzene rings is 1. The number of amides is 1. The zero-order valence-corrected chi connectivity index (χ0v) is 16.2. The molecule has 0 unspecified atom stereocenters. The third kappa shape index (κ3) is 3.34. The molecule has 144 valence electrons. The summed E-state index contributed by atoms with van der Waals surface area (Å²) < 4.78 is 13.5. The standard InChI is InChI=1S/C20H24ClFN4O/c1-19(2-3-19)25-17(27)9-26-10-20(11-26)7-12(8-20)4-16-23-15-6-13(22)5-14(21)18(15)24-16/h5-6,12H,2-4,7-11H2,1H3,(H,23,24)(H,25,27). The van der Waals surface area contributed by atoms with Crippen molar-refractivity contribution in [2.75, 3.05) is 19.6 Å². The van der Waals surface area contributed by atoms with Gasteiger partial charge in [0.05, 0.1) is 17.1 Å². The highest BCUT2D eigenvalue weighted by molar-refractivity contribution is 6.34. The van der Waals surface area contributed by atoms with Gasteiger partial charge in [0.15, 0.2) is 0 Å². The van der Waals surface area contributed by atoms with Gasteiger partial charge in [0.25, 0.3) is 0 Å². The van der Waals surface area contributed by atoms with E-state index in [1.165, 1.54) is 25.0 Å². The van der Waals surface area contributed by atoms with E-state index in [9.17, 15) is 9.18 Å². The monoisotopic (exact) mass is 390 g/mol. The maximum absolute atomic E-state index is 13.5. The van der Waals surface area contributed by atoms with Crippen LogP contribution in [0.5, 0.6) is 0 Å². The number of hydrogen-bond acceptors (Lipinski definition) is 3. The number of carbonyl (C=O) groups is 1.